The number of carbonyl (C=O) groups is 2. The molecule has 7 heteroatoms. The number of benzene rings is 1. The quantitative estimate of drug-likeness (QED) is 0.413. The van der Waals surface area contributed by atoms with Crippen molar-refractivity contribution in [1.82, 2.24) is 5.32 Å². The molecule has 1 aliphatic rings. The number of amides is 1. The lowest BCUT2D eigenvalue weighted by Gasteiger charge is -2.18. The first-order valence-electron chi connectivity index (χ1n) is 10.7. The Labute approximate surface area is 198 Å². The third-order valence-corrected chi connectivity index (χ3v) is 6.80. The fourth-order valence-electron chi connectivity index (χ4n) is 3.64. The highest BCUT2D eigenvalue weighted by atomic mass is 32.1. The summed E-state index contributed by atoms with van der Waals surface area (Å²) >= 11 is 1.63. The lowest BCUT2D eigenvalue weighted by atomic mass is 9.99. The summed E-state index contributed by atoms with van der Waals surface area (Å²) in [4.78, 5) is 26.6. The normalized spacial score (nSPS) is 14.9. The van der Waals surface area contributed by atoms with Crippen LogP contribution in [0.4, 0.5) is 0 Å². The van der Waals surface area contributed by atoms with E-state index in [0.717, 1.165) is 37.8 Å². The van der Waals surface area contributed by atoms with Crippen LogP contribution in [-0.2, 0) is 29.0 Å². The molecule has 2 N–H and O–H groups in total. The minimum absolute atomic E-state index is 0.142. The summed E-state index contributed by atoms with van der Waals surface area (Å²) in [6.45, 7) is 8.31. The molecule has 3 rings (SSSR count). The first-order valence-corrected chi connectivity index (χ1v) is 11.5. The summed E-state index contributed by atoms with van der Waals surface area (Å²) in [5.74, 6) is -0.334. The molecule has 0 radical (unpaired) electrons. The van der Waals surface area contributed by atoms with Crippen molar-refractivity contribution in [3.05, 3.63) is 86.7 Å². The number of methoxy groups -OCH3 is 1. The Morgan fingerprint density at radius 2 is 2.03 bits per heavy atom. The number of thiophene rings is 1. The topological polar surface area (TPSA) is 84.9 Å². The highest BCUT2D eigenvalue weighted by Crippen LogP contribution is 2.34. The van der Waals surface area contributed by atoms with Gasteiger partial charge >= 0.3 is 5.97 Å². The Bertz CT molecular complexity index is 1090. The summed E-state index contributed by atoms with van der Waals surface area (Å²) in [5, 5.41) is 12.1. The highest BCUT2D eigenvalue weighted by Gasteiger charge is 2.26. The number of carboxylic acids is 1. The van der Waals surface area contributed by atoms with Crippen molar-refractivity contribution in [2.45, 2.75) is 39.3 Å². The molecule has 0 bridgehead atoms. The summed E-state index contributed by atoms with van der Waals surface area (Å²) < 4.78 is 10.9. The average Bonchev–Trinajstić information content (AvgIpc) is 3.17. The number of carbonyl (C=O) groups excluding carboxylic acids is 1. The monoisotopic (exact) mass is 467 g/mol. The Kier molecular flexibility index (Phi) is 8.25. The van der Waals surface area contributed by atoms with Crippen LogP contribution >= 0.6 is 11.3 Å². The van der Waals surface area contributed by atoms with Gasteiger partial charge in [-0.25, -0.2) is 4.79 Å². The van der Waals surface area contributed by atoms with Crippen molar-refractivity contribution in [2.75, 3.05) is 13.7 Å². The van der Waals surface area contributed by atoms with Crippen molar-refractivity contribution in [2.24, 2.45) is 0 Å². The van der Waals surface area contributed by atoms with Crippen LogP contribution in [0.3, 0.4) is 0 Å². The van der Waals surface area contributed by atoms with Crippen molar-refractivity contribution in [3.8, 4) is 5.75 Å². The Balaban J connectivity index is 1.87. The Morgan fingerprint density at radius 1 is 1.30 bits per heavy atom. The standard InChI is InChI=1S/C26H29NO5S/c1-5-19(9-6-16(2)26(29)30)17(3)27-25(28)24-21-12-13-32-15-23(21)33-22(24)14-18-7-10-20(31-4)11-8-18/h5-11,17H,1,12-15H2,2-4H3,(H,27,28)(H,29,30)/b16-6+,19-9+. The van der Waals surface area contributed by atoms with E-state index in [0.29, 0.717) is 26.1 Å². The number of carboxylic acid groups (broad SMARTS) is 1. The van der Waals surface area contributed by atoms with E-state index in [4.69, 9.17) is 14.6 Å². The fraction of sp³-hybridized carbons (Fsp3) is 0.308. The molecule has 6 nitrogen and oxygen atoms in total. The fourth-order valence-corrected chi connectivity index (χ4v) is 4.96. The smallest absolute Gasteiger partial charge is 0.331 e. The molecule has 1 amide bonds. The van der Waals surface area contributed by atoms with Gasteiger partial charge in [-0.2, -0.15) is 0 Å². The van der Waals surface area contributed by atoms with E-state index >= 15 is 0 Å². The molecule has 0 saturated heterocycles. The molecule has 0 aliphatic carbocycles. The van der Waals surface area contributed by atoms with E-state index in [1.54, 1.807) is 30.6 Å². The molecule has 1 atom stereocenters. The average molecular weight is 468 g/mol. The highest BCUT2D eigenvalue weighted by molar-refractivity contribution is 7.12. The first-order chi connectivity index (χ1) is 15.8. The molecule has 1 aromatic heterocycles. The molecular weight excluding hydrogens is 438 g/mol. The number of ether oxygens (including phenoxy) is 2. The second-order valence-corrected chi connectivity index (χ2v) is 9.04. The van der Waals surface area contributed by atoms with Crippen LogP contribution < -0.4 is 10.1 Å². The molecule has 2 heterocycles. The summed E-state index contributed by atoms with van der Waals surface area (Å²) in [6, 6.07) is 7.52. The van der Waals surface area contributed by atoms with E-state index in [9.17, 15) is 9.59 Å². The van der Waals surface area contributed by atoms with Gasteiger partial charge in [-0.1, -0.05) is 36.9 Å². The van der Waals surface area contributed by atoms with E-state index in [-0.39, 0.29) is 17.5 Å². The SMILES string of the molecule is C=C/C(=C\C=C(/C)C(=O)O)C(C)NC(=O)c1c(Cc2ccc(OC)cc2)sc2c1CCOC2. The zero-order valence-corrected chi connectivity index (χ0v) is 20.0. The summed E-state index contributed by atoms with van der Waals surface area (Å²) in [5.41, 5.74) is 3.82. The number of aliphatic carboxylic acids is 1. The van der Waals surface area contributed by atoms with Gasteiger partial charge in [0.15, 0.2) is 0 Å². The predicted octanol–water partition coefficient (Wildman–Crippen LogP) is 4.68. The van der Waals surface area contributed by atoms with Crippen LogP contribution in [0.1, 0.15) is 45.1 Å². The molecule has 1 aromatic carbocycles. The second kappa shape index (κ2) is 11.1. The van der Waals surface area contributed by atoms with E-state index in [1.165, 1.54) is 13.0 Å². The van der Waals surface area contributed by atoms with E-state index in [1.807, 2.05) is 31.2 Å². The first kappa shape index (κ1) is 24.5. The molecule has 0 fully saturated rings. The Hall–Kier alpha value is -3.16. The maximum atomic E-state index is 13.4. The lowest BCUT2D eigenvalue weighted by Crippen LogP contribution is -2.34. The van der Waals surface area contributed by atoms with Crippen molar-refractivity contribution >= 4 is 23.2 Å². The van der Waals surface area contributed by atoms with E-state index in [2.05, 4.69) is 11.9 Å². The van der Waals surface area contributed by atoms with Gasteiger partial charge in [0.1, 0.15) is 5.75 Å². The van der Waals surface area contributed by atoms with Gasteiger partial charge in [-0.3, -0.25) is 4.79 Å². The van der Waals surface area contributed by atoms with Crippen LogP contribution in [0.25, 0.3) is 0 Å². The van der Waals surface area contributed by atoms with Gasteiger partial charge in [-0.15, -0.1) is 11.3 Å². The van der Waals surface area contributed by atoms with Crippen LogP contribution in [0, 0.1) is 0 Å². The predicted molar refractivity (Wildman–Crippen MR) is 130 cm³/mol. The van der Waals surface area contributed by atoms with E-state index < -0.39 is 5.97 Å². The number of allylic oxidation sites excluding steroid dienone is 2. The van der Waals surface area contributed by atoms with Crippen LogP contribution in [0.15, 0.2) is 60.2 Å². The third kappa shape index (κ3) is 6.00. The third-order valence-electron chi connectivity index (χ3n) is 5.59. The number of hydrogen-bond donors (Lipinski definition) is 2. The minimum Gasteiger partial charge on any atom is -0.497 e. The Morgan fingerprint density at radius 3 is 2.67 bits per heavy atom. The molecule has 2 aromatic rings. The van der Waals surface area contributed by atoms with Crippen LogP contribution in [-0.4, -0.2) is 36.7 Å². The molecule has 1 unspecified atom stereocenters. The van der Waals surface area contributed by atoms with Crippen LogP contribution in [0.2, 0.25) is 0 Å². The van der Waals surface area contributed by atoms with Crippen molar-refractivity contribution in [3.63, 3.8) is 0 Å². The van der Waals surface area contributed by atoms with Gasteiger partial charge in [0.05, 0.1) is 31.9 Å². The molecule has 174 valence electrons. The maximum absolute atomic E-state index is 13.4. The number of fused-ring (bicyclic) bond motifs is 1. The molecule has 1 aliphatic heterocycles. The minimum atomic E-state index is -0.985. The van der Waals surface area contributed by atoms with Crippen molar-refractivity contribution < 1.29 is 24.2 Å². The lowest BCUT2D eigenvalue weighted by molar-refractivity contribution is -0.132. The summed E-state index contributed by atoms with van der Waals surface area (Å²) in [6.07, 6.45) is 6.17. The zero-order chi connectivity index (χ0) is 24.0. The zero-order valence-electron chi connectivity index (χ0n) is 19.1. The van der Waals surface area contributed by atoms with Gasteiger partial charge in [0, 0.05) is 21.7 Å². The largest absolute Gasteiger partial charge is 0.497 e. The number of nitrogens with one attached hydrogen (secondary N) is 1. The molecule has 0 saturated carbocycles. The van der Waals surface area contributed by atoms with Crippen LogP contribution in [0.5, 0.6) is 5.75 Å². The van der Waals surface area contributed by atoms with Gasteiger partial charge in [0.2, 0.25) is 0 Å². The number of hydrogen-bond acceptors (Lipinski definition) is 5. The molecular formula is C26H29NO5S. The van der Waals surface area contributed by atoms with Gasteiger partial charge in [0.25, 0.3) is 5.91 Å². The second-order valence-electron chi connectivity index (χ2n) is 7.85. The maximum Gasteiger partial charge on any atom is 0.331 e. The molecule has 0 spiro atoms. The number of rotatable bonds is 9. The molecule has 33 heavy (non-hydrogen) atoms. The van der Waals surface area contributed by atoms with Crippen molar-refractivity contribution in [1.29, 1.82) is 0 Å². The van der Waals surface area contributed by atoms with Gasteiger partial charge < -0.3 is 19.9 Å². The van der Waals surface area contributed by atoms with Gasteiger partial charge in [-0.05, 0) is 49.1 Å². The summed E-state index contributed by atoms with van der Waals surface area (Å²) in [7, 11) is 1.64.